The van der Waals surface area contributed by atoms with E-state index in [2.05, 4.69) is 0 Å². The summed E-state index contributed by atoms with van der Waals surface area (Å²) in [6, 6.07) is 8.92. The Labute approximate surface area is 200 Å². The summed E-state index contributed by atoms with van der Waals surface area (Å²) in [5.74, 6) is -0.883. The fourth-order valence-electron chi connectivity index (χ4n) is 3.43. The van der Waals surface area contributed by atoms with Crippen molar-refractivity contribution in [2.24, 2.45) is 0 Å². The second kappa shape index (κ2) is 10.0. The summed E-state index contributed by atoms with van der Waals surface area (Å²) in [5.41, 5.74) is -0.181. The number of ketones is 1. The SMILES string of the molecule is CCCn1c(O)c(C(=O)CN2C(=O)/C(=C/c3ccc(OC)cc3)SC2=S)c(C)c(C#N)c1=O. The number of ether oxygens (including phenoxy) is 1. The van der Waals surface area contributed by atoms with Gasteiger partial charge in [0.25, 0.3) is 11.5 Å². The lowest BCUT2D eigenvalue weighted by atomic mass is 10.0. The van der Waals surface area contributed by atoms with Crippen molar-refractivity contribution in [3.8, 4) is 17.7 Å². The maximum atomic E-state index is 13.1. The molecule has 0 atom stereocenters. The molecule has 0 saturated carbocycles. The zero-order valence-corrected chi connectivity index (χ0v) is 19.9. The molecule has 2 aromatic rings. The van der Waals surface area contributed by atoms with E-state index in [-0.39, 0.29) is 27.6 Å². The number of thioether (sulfide) groups is 1. The third-order valence-electron chi connectivity index (χ3n) is 5.12. The van der Waals surface area contributed by atoms with Crippen LogP contribution in [0, 0.1) is 18.3 Å². The molecule has 1 aliphatic heterocycles. The highest BCUT2D eigenvalue weighted by Gasteiger charge is 2.35. The molecule has 170 valence electrons. The Morgan fingerprint density at radius 1 is 1.30 bits per heavy atom. The number of nitrogens with zero attached hydrogens (tertiary/aromatic N) is 3. The fourth-order valence-corrected chi connectivity index (χ4v) is 4.68. The molecule has 8 nitrogen and oxygen atoms in total. The zero-order chi connectivity index (χ0) is 24.3. The van der Waals surface area contributed by atoms with Crippen molar-refractivity contribution in [2.45, 2.75) is 26.8 Å². The number of aromatic nitrogens is 1. The second-order valence-electron chi connectivity index (χ2n) is 7.23. The predicted molar refractivity (Wildman–Crippen MR) is 129 cm³/mol. The third-order valence-corrected chi connectivity index (χ3v) is 6.49. The van der Waals surface area contributed by atoms with Crippen LogP contribution >= 0.6 is 24.0 Å². The summed E-state index contributed by atoms with van der Waals surface area (Å²) >= 11 is 6.38. The molecular weight excluding hydrogens is 462 g/mol. The number of nitriles is 1. The first-order valence-corrected chi connectivity index (χ1v) is 11.2. The van der Waals surface area contributed by atoms with Crippen LogP contribution in [0.2, 0.25) is 0 Å². The highest BCUT2D eigenvalue weighted by molar-refractivity contribution is 8.26. The topological polar surface area (TPSA) is 113 Å². The number of rotatable bonds is 7. The summed E-state index contributed by atoms with van der Waals surface area (Å²) in [7, 11) is 1.56. The molecule has 1 aliphatic rings. The van der Waals surface area contributed by atoms with Gasteiger partial charge in [-0.1, -0.05) is 43.0 Å². The monoisotopic (exact) mass is 483 g/mol. The number of Topliss-reactive ketones (excluding diaryl/α,β-unsaturated/α-hetero) is 1. The first-order chi connectivity index (χ1) is 15.7. The molecule has 1 fully saturated rings. The van der Waals surface area contributed by atoms with Crippen LogP contribution in [0.4, 0.5) is 0 Å². The van der Waals surface area contributed by atoms with E-state index in [0.717, 1.165) is 26.8 Å². The van der Waals surface area contributed by atoms with Crippen LogP contribution in [0.15, 0.2) is 34.0 Å². The Hall–Kier alpha value is -3.42. The number of hydrogen-bond acceptors (Lipinski definition) is 8. The van der Waals surface area contributed by atoms with Crippen molar-refractivity contribution >= 4 is 46.1 Å². The minimum atomic E-state index is -0.654. The maximum Gasteiger partial charge on any atom is 0.271 e. The molecule has 1 aromatic heterocycles. The molecule has 2 heterocycles. The molecule has 1 amide bonds. The van der Waals surface area contributed by atoms with Crippen LogP contribution in [-0.4, -0.2) is 44.2 Å². The molecule has 0 spiro atoms. The van der Waals surface area contributed by atoms with E-state index in [4.69, 9.17) is 17.0 Å². The Morgan fingerprint density at radius 3 is 2.55 bits per heavy atom. The summed E-state index contributed by atoms with van der Waals surface area (Å²) in [6.45, 7) is 2.95. The van der Waals surface area contributed by atoms with E-state index in [9.17, 15) is 24.8 Å². The minimum absolute atomic E-state index is 0.0802. The number of pyridine rings is 1. The van der Waals surface area contributed by atoms with Crippen LogP contribution in [0.5, 0.6) is 11.6 Å². The Balaban J connectivity index is 1.92. The van der Waals surface area contributed by atoms with E-state index in [1.165, 1.54) is 6.92 Å². The van der Waals surface area contributed by atoms with Gasteiger partial charge < -0.3 is 9.84 Å². The van der Waals surface area contributed by atoms with Crippen molar-refractivity contribution in [2.75, 3.05) is 13.7 Å². The Kier molecular flexibility index (Phi) is 7.36. The van der Waals surface area contributed by atoms with Gasteiger partial charge >= 0.3 is 0 Å². The van der Waals surface area contributed by atoms with E-state index in [1.807, 2.05) is 6.07 Å². The van der Waals surface area contributed by atoms with Crippen molar-refractivity contribution in [3.63, 3.8) is 0 Å². The maximum absolute atomic E-state index is 13.1. The lowest BCUT2D eigenvalue weighted by Gasteiger charge is -2.18. The number of carbonyl (C=O) groups is 2. The van der Waals surface area contributed by atoms with Crippen LogP contribution in [-0.2, 0) is 11.3 Å². The van der Waals surface area contributed by atoms with E-state index in [0.29, 0.717) is 17.1 Å². The largest absolute Gasteiger partial charge is 0.497 e. The number of carbonyl (C=O) groups excluding carboxylic acids is 2. The Bertz CT molecular complexity index is 1270. The molecule has 33 heavy (non-hydrogen) atoms. The smallest absolute Gasteiger partial charge is 0.271 e. The van der Waals surface area contributed by atoms with E-state index in [1.54, 1.807) is 44.4 Å². The molecule has 0 bridgehead atoms. The summed E-state index contributed by atoms with van der Waals surface area (Å²) in [5, 5.41) is 20.0. The minimum Gasteiger partial charge on any atom is -0.497 e. The molecule has 0 radical (unpaired) electrons. The summed E-state index contributed by atoms with van der Waals surface area (Å²) in [6.07, 6.45) is 2.18. The molecule has 1 saturated heterocycles. The lowest BCUT2D eigenvalue weighted by molar-refractivity contribution is -0.121. The number of benzene rings is 1. The molecule has 0 aliphatic carbocycles. The number of thiocarbonyl (C=S) groups is 1. The van der Waals surface area contributed by atoms with Gasteiger partial charge in [0.15, 0.2) is 5.78 Å². The number of methoxy groups -OCH3 is 1. The standard InChI is InChI=1S/C23H21N3O5S2/c1-4-9-25-20(28)16(11-24)13(2)19(22(25)30)17(27)12-26-21(29)18(33-23(26)32)10-14-5-7-15(31-3)8-6-14/h5-8,10,30H,4,9,12H2,1-3H3/b18-10-. The number of aromatic hydroxyl groups is 1. The van der Waals surface area contributed by atoms with Crippen molar-refractivity contribution in [3.05, 3.63) is 61.8 Å². The molecule has 1 aromatic carbocycles. The highest BCUT2D eigenvalue weighted by atomic mass is 32.2. The molecule has 3 rings (SSSR count). The highest BCUT2D eigenvalue weighted by Crippen LogP contribution is 2.33. The molecular formula is C23H21N3O5S2. The van der Waals surface area contributed by atoms with E-state index < -0.39 is 29.7 Å². The van der Waals surface area contributed by atoms with Gasteiger partial charge in [0.05, 0.1) is 24.1 Å². The normalized spacial score (nSPS) is 14.6. The predicted octanol–water partition coefficient (Wildman–Crippen LogP) is 3.24. The van der Waals surface area contributed by atoms with Gasteiger partial charge in [-0.15, -0.1) is 0 Å². The van der Waals surface area contributed by atoms with Gasteiger partial charge in [-0.3, -0.25) is 23.9 Å². The van der Waals surface area contributed by atoms with Gasteiger partial charge in [-0.25, -0.2) is 0 Å². The van der Waals surface area contributed by atoms with Gasteiger partial charge in [0.2, 0.25) is 5.88 Å². The summed E-state index contributed by atoms with van der Waals surface area (Å²) < 4.78 is 6.33. The second-order valence-corrected chi connectivity index (χ2v) is 8.91. The van der Waals surface area contributed by atoms with Gasteiger partial charge in [-0.05, 0) is 42.7 Å². The average molecular weight is 484 g/mol. The van der Waals surface area contributed by atoms with Gasteiger partial charge in [0.1, 0.15) is 21.7 Å². The number of hydrogen-bond donors (Lipinski definition) is 1. The Morgan fingerprint density at radius 2 is 1.97 bits per heavy atom. The van der Waals surface area contributed by atoms with Crippen molar-refractivity contribution in [1.29, 1.82) is 5.26 Å². The molecule has 10 heteroatoms. The quantitative estimate of drug-likeness (QED) is 0.363. The number of amides is 1. The third kappa shape index (κ3) is 4.69. The summed E-state index contributed by atoms with van der Waals surface area (Å²) in [4.78, 5) is 40.0. The van der Waals surface area contributed by atoms with Crippen molar-refractivity contribution in [1.82, 2.24) is 9.47 Å². The lowest BCUT2D eigenvalue weighted by Crippen LogP contribution is -2.35. The van der Waals surface area contributed by atoms with E-state index >= 15 is 0 Å². The zero-order valence-electron chi connectivity index (χ0n) is 18.2. The van der Waals surface area contributed by atoms with Crippen molar-refractivity contribution < 1.29 is 19.4 Å². The fraction of sp³-hybridized carbons (Fsp3) is 0.261. The van der Waals surface area contributed by atoms with Crippen LogP contribution < -0.4 is 10.3 Å². The first-order valence-electron chi connectivity index (χ1n) is 10.0. The van der Waals surface area contributed by atoms with Crippen LogP contribution in [0.3, 0.4) is 0 Å². The first kappa shape index (κ1) is 24.2. The van der Waals surface area contributed by atoms with Gasteiger partial charge in [0, 0.05) is 6.54 Å². The van der Waals surface area contributed by atoms with Crippen LogP contribution in [0.1, 0.15) is 40.4 Å². The van der Waals surface area contributed by atoms with Crippen LogP contribution in [0.25, 0.3) is 6.08 Å². The van der Waals surface area contributed by atoms with Gasteiger partial charge in [-0.2, -0.15) is 5.26 Å². The molecule has 1 N–H and O–H groups in total. The average Bonchev–Trinajstić information content (AvgIpc) is 3.05. The molecule has 0 unspecified atom stereocenters.